The summed E-state index contributed by atoms with van der Waals surface area (Å²) in [6.45, 7) is 0. The number of rotatable bonds is 2. The first kappa shape index (κ1) is 14.3. The number of nitrogens with two attached hydrogens (primary N) is 1. The van der Waals surface area contributed by atoms with Crippen LogP contribution in [0.15, 0.2) is 48.7 Å². The van der Waals surface area contributed by atoms with E-state index in [-0.39, 0.29) is 5.69 Å². The maximum absolute atomic E-state index is 11.6. The van der Waals surface area contributed by atoms with E-state index in [4.69, 9.17) is 5.84 Å². The van der Waals surface area contributed by atoms with Gasteiger partial charge in [0.25, 0.3) is 5.91 Å². The SMILES string of the molecule is Cn1ncc2cc(-c3cccc4cc(C(=O)NN)nnc34)ccc21. The standard InChI is InChI=1S/C17H14N6O/c1-23-15-6-5-10(7-12(15)9-19-23)13-4-2-3-11-8-14(17(24)20-18)21-22-16(11)13/h2-9H,18H2,1H3,(H,20,24). The van der Waals surface area contributed by atoms with Crippen molar-refractivity contribution in [1.29, 1.82) is 0 Å². The summed E-state index contributed by atoms with van der Waals surface area (Å²) in [6, 6.07) is 13.6. The van der Waals surface area contributed by atoms with E-state index in [0.717, 1.165) is 32.9 Å². The molecule has 0 unspecified atom stereocenters. The minimum Gasteiger partial charge on any atom is -0.289 e. The van der Waals surface area contributed by atoms with Gasteiger partial charge in [-0.25, -0.2) is 5.84 Å². The van der Waals surface area contributed by atoms with Gasteiger partial charge in [-0.15, -0.1) is 10.2 Å². The van der Waals surface area contributed by atoms with E-state index in [0.29, 0.717) is 0 Å². The molecule has 4 aromatic rings. The number of nitrogens with zero attached hydrogens (tertiary/aromatic N) is 4. The monoisotopic (exact) mass is 318 g/mol. The van der Waals surface area contributed by atoms with Gasteiger partial charge in [0.2, 0.25) is 0 Å². The molecule has 2 aromatic heterocycles. The molecular formula is C17H14N6O. The fourth-order valence-electron chi connectivity index (χ4n) is 2.82. The Labute approximate surface area is 137 Å². The molecule has 0 saturated heterocycles. The van der Waals surface area contributed by atoms with Crippen molar-refractivity contribution >= 4 is 27.7 Å². The van der Waals surface area contributed by atoms with Crippen LogP contribution >= 0.6 is 0 Å². The van der Waals surface area contributed by atoms with Crippen LogP contribution < -0.4 is 11.3 Å². The molecular weight excluding hydrogens is 304 g/mol. The average Bonchev–Trinajstić information content (AvgIpc) is 3.00. The van der Waals surface area contributed by atoms with Crippen LogP contribution in [0.4, 0.5) is 0 Å². The van der Waals surface area contributed by atoms with Crippen LogP contribution in [0.5, 0.6) is 0 Å². The fraction of sp³-hybridized carbons (Fsp3) is 0.0588. The molecule has 1 amide bonds. The minimum absolute atomic E-state index is 0.185. The zero-order valence-electron chi connectivity index (χ0n) is 12.9. The lowest BCUT2D eigenvalue weighted by Gasteiger charge is -2.07. The number of hydrazine groups is 1. The number of carbonyl (C=O) groups is 1. The van der Waals surface area contributed by atoms with Gasteiger partial charge in [-0.2, -0.15) is 5.10 Å². The van der Waals surface area contributed by atoms with Gasteiger partial charge in [-0.1, -0.05) is 24.3 Å². The van der Waals surface area contributed by atoms with Gasteiger partial charge < -0.3 is 0 Å². The molecule has 24 heavy (non-hydrogen) atoms. The highest BCUT2D eigenvalue weighted by molar-refractivity contribution is 5.99. The average molecular weight is 318 g/mol. The normalized spacial score (nSPS) is 11.1. The van der Waals surface area contributed by atoms with Crippen LogP contribution in [0, 0.1) is 0 Å². The third-order valence-corrected chi connectivity index (χ3v) is 4.04. The van der Waals surface area contributed by atoms with Crippen molar-refractivity contribution < 1.29 is 4.79 Å². The Hall–Kier alpha value is -3.32. The first-order chi connectivity index (χ1) is 11.7. The maximum atomic E-state index is 11.6. The van der Waals surface area contributed by atoms with Gasteiger partial charge in [0.05, 0.1) is 11.7 Å². The topological polar surface area (TPSA) is 98.7 Å². The van der Waals surface area contributed by atoms with Gasteiger partial charge in [-0.3, -0.25) is 14.9 Å². The summed E-state index contributed by atoms with van der Waals surface area (Å²) in [5.74, 6) is 4.68. The summed E-state index contributed by atoms with van der Waals surface area (Å²) in [5, 5.41) is 14.3. The van der Waals surface area contributed by atoms with Crippen molar-refractivity contribution in [2.45, 2.75) is 0 Å². The lowest BCUT2D eigenvalue weighted by molar-refractivity contribution is 0.0948. The van der Waals surface area contributed by atoms with Gasteiger partial charge in [0.15, 0.2) is 5.69 Å². The van der Waals surface area contributed by atoms with Crippen LogP contribution in [0.3, 0.4) is 0 Å². The van der Waals surface area contributed by atoms with E-state index in [9.17, 15) is 4.79 Å². The van der Waals surface area contributed by atoms with Crippen LogP contribution in [0.1, 0.15) is 10.5 Å². The molecule has 0 atom stereocenters. The smallest absolute Gasteiger partial charge is 0.285 e. The number of amides is 1. The number of aromatic nitrogens is 4. The second-order valence-electron chi connectivity index (χ2n) is 5.49. The van der Waals surface area contributed by atoms with Crippen molar-refractivity contribution in [3.8, 4) is 11.1 Å². The third-order valence-electron chi connectivity index (χ3n) is 4.04. The molecule has 7 nitrogen and oxygen atoms in total. The second-order valence-corrected chi connectivity index (χ2v) is 5.49. The Kier molecular flexibility index (Phi) is 3.21. The van der Waals surface area contributed by atoms with Gasteiger partial charge >= 0.3 is 0 Å². The molecule has 0 aliphatic heterocycles. The van der Waals surface area contributed by atoms with E-state index in [1.54, 1.807) is 6.07 Å². The van der Waals surface area contributed by atoms with E-state index < -0.39 is 5.91 Å². The van der Waals surface area contributed by atoms with Gasteiger partial charge in [-0.05, 0) is 23.8 Å². The molecule has 0 fully saturated rings. The van der Waals surface area contributed by atoms with Crippen molar-refractivity contribution in [2.24, 2.45) is 12.9 Å². The minimum atomic E-state index is -0.466. The van der Waals surface area contributed by atoms with Crippen LogP contribution in [0.2, 0.25) is 0 Å². The zero-order valence-corrected chi connectivity index (χ0v) is 12.9. The molecule has 0 radical (unpaired) electrons. The lowest BCUT2D eigenvalue weighted by Crippen LogP contribution is -2.30. The Morgan fingerprint density at radius 1 is 1.12 bits per heavy atom. The number of hydrogen-bond donors (Lipinski definition) is 2. The number of hydrogen-bond acceptors (Lipinski definition) is 5. The molecule has 2 aromatic carbocycles. The zero-order chi connectivity index (χ0) is 16.7. The number of aryl methyl sites for hydroxylation is 1. The second kappa shape index (κ2) is 5.39. The Balaban J connectivity index is 1.90. The highest BCUT2D eigenvalue weighted by Gasteiger charge is 2.11. The molecule has 7 heteroatoms. The summed E-state index contributed by atoms with van der Waals surface area (Å²) in [7, 11) is 1.91. The third kappa shape index (κ3) is 2.19. The molecule has 118 valence electrons. The predicted molar refractivity (Wildman–Crippen MR) is 90.9 cm³/mol. The highest BCUT2D eigenvalue weighted by atomic mass is 16.2. The van der Waals surface area contributed by atoms with Crippen molar-refractivity contribution in [2.75, 3.05) is 0 Å². The molecule has 0 saturated carbocycles. The van der Waals surface area contributed by atoms with E-state index in [1.165, 1.54) is 0 Å². The Bertz CT molecular complexity index is 1090. The van der Waals surface area contributed by atoms with Crippen molar-refractivity contribution in [3.05, 3.63) is 54.4 Å². The van der Waals surface area contributed by atoms with Crippen LogP contribution in [-0.4, -0.2) is 25.9 Å². The summed E-state index contributed by atoms with van der Waals surface area (Å²) < 4.78 is 1.83. The molecule has 4 rings (SSSR count). The summed E-state index contributed by atoms with van der Waals surface area (Å²) >= 11 is 0. The molecule has 0 aliphatic carbocycles. The number of nitrogen functional groups attached to an aromatic ring is 1. The number of benzene rings is 2. The quantitative estimate of drug-likeness (QED) is 0.333. The van der Waals surface area contributed by atoms with E-state index in [2.05, 4.69) is 26.8 Å². The van der Waals surface area contributed by atoms with Crippen molar-refractivity contribution in [1.82, 2.24) is 25.4 Å². The lowest BCUT2D eigenvalue weighted by atomic mass is 10.0. The first-order valence-electron chi connectivity index (χ1n) is 7.37. The molecule has 0 spiro atoms. The maximum Gasteiger partial charge on any atom is 0.285 e. The molecule has 2 heterocycles. The van der Waals surface area contributed by atoms with Gasteiger partial charge in [0, 0.05) is 23.4 Å². The molecule has 3 N–H and O–H groups in total. The summed E-state index contributed by atoms with van der Waals surface area (Å²) in [6.07, 6.45) is 1.83. The fourth-order valence-corrected chi connectivity index (χ4v) is 2.82. The summed E-state index contributed by atoms with van der Waals surface area (Å²) in [4.78, 5) is 11.6. The predicted octanol–water partition coefficient (Wildman–Crippen LogP) is 1.79. The Morgan fingerprint density at radius 2 is 2.00 bits per heavy atom. The van der Waals surface area contributed by atoms with Gasteiger partial charge in [0.1, 0.15) is 5.52 Å². The highest BCUT2D eigenvalue weighted by Crippen LogP contribution is 2.29. The van der Waals surface area contributed by atoms with Crippen LogP contribution in [-0.2, 0) is 7.05 Å². The number of fused-ring (bicyclic) bond motifs is 2. The van der Waals surface area contributed by atoms with Crippen LogP contribution in [0.25, 0.3) is 32.9 Å². The van der Waals surface area contributed by atoms with E-state index in [1.807, 2.05) is 48.3 Å². The number of carbonyl (C=O) groups excluding carboxylic acids is 1. The largest absolute Gasteiger partial charge is 0.289 e. The molecule has 0 bridgehead atoms. The van der Waals surface area contributed by atoms with Crippen molar-refractivity contribution in [3.63, 3.8) is 0 Å². The van der Waals surface area contributed by atoms with E-state index >= 15 is 0 Å². The first-order valence-corrected chi connectivity index (χ1v) is 7.37. The molecule has 0 aliphatic rings. The number of nitrogens with one attached hydrogen (secondary N) is 1. The Morgan fingerprint density at radius 3 is 2.83 bits per heavy atom. The summed E-state index contributed by atoms with van der Waals surface area (Å²) in [5.41, 5.74) is 6.01.